The topological polar surface area (TPSA) is 90.9 Å². The standard InChI is InChI=1S/C11H18N4O2/c1-6(2)8(16)5-12-11(17)10-13-9(14-15-10)7-3-4-7/h6-8,16H,3-5H2,1-2H3,(H,12,17)(H,13,14,15). The fourth-order valence-corrected chi connectivity index (χ4v) is 1.43. The minimum Gasteiger partial charge on any atom is -0.391 e. The number of aliphatic hydroxyl groups is 1. The van der Waals surface area contributed by atoms with Gasteiger partial charge in [0.2, 0.25) is 5.82 Å². The van der Waals surface area contributed by atoms with Crippen LogP contribution in [-0.2, 0) is 0 Å². The molecule has 1 unspecified atom stereocenters. The van der Waals surface area contributed by atoms with Crippen LogP contribution in [0.4, 0.5) is 0 Å². The van der Waals surface area contributed by atoms with E-state index in [1.807, 2.05) is 13.8 Å². The number of nitrogens with zero attached hydrogens (tertiary/aromatic N) is 2. The summed E-state index contributed by atoms with van der Waals surface area (Å²) < 4.78 is 0. The zero-order valence-corrected chi connectivity index (χ0v) is 10.1. The van der Waals surface area contributed by atoms with Gasteiger partial charge >= 0.3 is 0 Å². The first-order chi connectivity index (χ1) is 8.08. The highest BCUT2D eigenvalue weighted by molar-refractivity contribution is 5.90. The van der Waals surface area contributed by atoms with Crippen LogP contribution in [0.15, 0.2) is 0 Å². The minimum absolute atomic E-state index is 0.115. The van der Waals surface area contributed by atoms with Crippen LogP contribution in [0, 0.1) is 5.92 Å². The molecule has 0 aromatic carbocycles. The zero-order valence-electron chi connectivity index (χ0n) is 10.1. The van der Waals surface area contributed by atoms with Gasteiger partial charge in [-0.25, -0.2) is 4.98 Å². The van der Waals surface area contributed by atoms with Crippen molar-refractivity contribution in [3.8, 4) is 0 Å². The maximum atomic E-state index is 11.7. The number of nitrogens with one attached hydrogen (secondary N) is 2. The smallest absolute Gasteiger partial charge is 0.291 e. The number of rotatable bonds is 5. The van der Waals surface area contributed by atoms with Gasteiger partial charge in [-0.15, -0.1) is 5.10 Å². The Kier molecular flexibility index (Phi) is 3.42. The number of aliphatic hydroxyl groups excluding tert-OH is 1. The van der Waals surface area contributed by atoms with Gasteiger partial charge < -0.3 is 10.4 Å². The third-order valence-electron chi connectivity index (χ3n) is 2.91. The van der Waals surface area contributed by atoms with Crippen LogP contribution in [0.5, 0.6) is 0 Å². The molecule has 1 aromatic heterocycles. The molecule has 0 bridgehead atoms. The number of hydrogen-bond donors (Lipinski definition) is 3. The van der Waals surface area contributed by atoms with E-state index in [4.69, 9.17) is 0 Å². The summed E-state index contributed by atoms with van der Waals surface area (Å²) in [6.45, 7) is 4.02. The van der Waals surface area contributed by atoms with Crippen molar-refractivity contribution >= 4 is 5.91 Å². The van der Waals surface area contributed by atoms with Gasteiger partial charge in [0.1, 0.15) is 5.82 Å². The van der Waals surface area contributed by atoms with Crippen LogP contribution in [0.2, 0.25) is 0 Å². The molecule has 3 N–H and O–H groups in total. The molecule has 6 nitrogen and oxygen atoms in total. The molecule has 6 heteroatoms. The van der Waals surface area contributed by atoms with Crippen molar-refractivity contribution in [1.29, 1.82) is 0 Å². The monoisotopic (exact) mass is 238 g/mol. The second-order valence-electron chi connectivity index (χ2n) is 4.84. The summed E-state index contributed by atoms with van der Waals surface area (Å²) in [7, 11) is 0. The Morgan fingerprint density at radius 1 is 1.59 bits per heavy atom. The summed E-state index contributed by atoms with van der Waals surface area (Å²) in [5.41, 5.74) is 0. The highest BCUT2D eigenvalue weighted by Gasteiger charge is 2.28. The summed E-state index contributed by atoms with van der Waals surface area (Å²) in [6.07, 6.45) is 1.69. The third kappa shape index (κ3) is 3.03. The SMILES string of the molecule is CC(C)C(O)CNC(=O)c1n[nH]c(C2CC2)n1. The normalized spacial score (nSPS) is 17.2. The highest BCUT2D eigenvalue weighted by atomic mass is 16.3. The second kappa shape index (κ2) is 4.83. The van der Waals surface area contributed by atoms with E-state index in [1.54, 1.807) is 0 Å². The van der Waals surface area contributed by atoms with Gasteiger partial charge in [0.05, 0.1) is 6.10 Å². The van der Waals surface area contributed by atoms with Crippen LogP contribution in [0.3, 0.4) is 0 Å². The van der Waals surface area contributed by atoms with E-state index < -0.39 is 6.10 Å². The molecule has 1 fully saturated rings. The molecule has 17 heavy (non-hydrogen) atoms. The number of carbonyl (C=O) groups excluding carboxylic acids is 1. The summed E-state index contributed by atoms with van der Waals surface area (Å²) in [5.74, 6) is 1.17. The Morgan fingerprint density at radius 3 is 2.88 bits per heavy atom. The highest BCUT2D eigenvalue weighted by Crippen LogP contribution is 2.37. The molecular weight excluding hydrogens is 220 g/mol. The van der Waals surface area contributed by atoms with Crippen molar-refractivity contribution in [3.63, 3.8) is 0 Å². The number of hydrogen-bond acceptors (Lipinski definition) is 4. The molecule has 1 saturated carbocycles. The van der Waals surface area contributed by atoms with E-state index in [-0.39, 0.29) is 24.2 Å². The van der Waals surface area contributed by atoms with Gasteiger partial charge in [-0.1, -0.05) is 13.8 Å². The predicted molar refractivity (Wildman–Crippen MR) is 61.5 cm³/mol. The van der Waals surface area contributed by atoms with Crippen molar-refractivity contribution < 1.29 is 9.90 Å². The number of H-pyrrole nitrogens is 1. The molecule has 1 aromatic rings. The zero-order chi connectivity index (χ0) is 12.4. The van der Waals surface area contributed by atoms with E-state index in [0.29, 0.717) is 5.92 Å². The Morgan fingerprint density at radius 2 is 2.29 bits per heavy atom. The molecule has 2 rings (SSSR count). The summed E-state index contributed by atoms with van der Waals surface area (Å²) in [4.78, 5) is 15.8. The Balaban J connectivity index is 1.86. The largest absolute Gasteiger partial charge is 0.391 e. The molecule has 0 spiro atoms. The average molecular weight is 238 g/mol. The third-order valence-corrected chi connectivity index (χ3v) is 2.91. The minimum atomic E-state index is -0.541. The summed E-state index contributed by atoms with van der Waals surface area (Å²) in [5, 5.41) is 18.8. The molecule has 94 valence electrons. The Labute approximate surface area is 99.8 Å². The quantitative estimate of drug-likeness (QED) is 0.693. The lowest BCUT2D eigenvalue weighted by Crippen LogP contribution is -2.35. The maximum absolute atomic E-state index is 11.7. The number of aromatic amines is 1. The lowest BCUT2D eigenvalue weighted by molar-refractivity contribution is 0.0862. The summed E-state index contributed by atoms with van der Waals surface area (Å²) >= 11 is 0. The van der Waals surface area contributed by atoms with Crippen molar-refractivity contribution in [2.24, 2.45) is 5.92 Å². The van der Waals surface area contributed by atoms with E-state index in [2.05, 4.69) is 20.5 Å². The van der Waals surface area contributed by atoms with Crippen LogP contribution in [0.25, 0.3) is 0 Å². The Hall–Kier alpha value is -1.43. The molecule has 0 aliphatic heterocycles. The van der Waals surface area contributed by atoms with Crippen LogP contribution in [-0.4, -0.2) is 38.8 Å². The molecule has 1 heterocycles. The number of aromatic nitrogens is 3. The van der Waals surface area contributed by atoms with Gasteiger partial charge in [-0.3, -0.25) is 9.89 Å². The van der Waals surface area contributed by atoms with E-state index in [1.165, 1.54) is 0 Å². The Bertz CT molecular complexity index is 398. The van der Waals surface area contributed by atoms with Gasteiger partial charge in [0.25, 0.3) is 5.91 Å². The predicted octanol–water partition coefficient (Wildman–Crippen LogP) is 0.429. The van der Waals surface area contributed by atoms with Gasteiger partial charge in [0, 0.05) is 12.5 Å². The van der Waals surface area contributed by atoms with E-state index >= 15 is 0 Å². The lowest BCUT2D eigenvalue weighted by atomic mass is 10.1. The second-order valence-corrected chi connectivity index (χ2v) is 4.84. The van der Waals surface area contributed by atoms with Crippen molar-refractivity contribution in [3.05, 3.63) is 11.6 Å². The van der Waals surface area contributed by atoms with Crippen molar-refractivity contribution in [2.45, 2.75) is 38.7 Å². The summed E-state index contributed by atoms with van der Waals surface area (Å²) in [6, 6.07) is 0. The fraction of sp³-hybridized carbons (Fsp3) is 0.727. The van der Waals surface area contributed by atoms with Crippen molar-refractivity contribution in [1.82, 2.24) is 20.5 Å². The number of amides is 1. The molecule has 1 atom stereocenters. The fourth-order valence-electron chi connectivity index (χ4n) is 1.43. The first kappa shape index (κ1) is 12.0. The van der Waals surface area contributed by atoms with Gasteiger partial charge in [-0.2, -0.15) is 0 Å². The molecule has 1 amide bonds. The molecule has 0 saturated heterocycles. The van der Waals surface area contributed by atoms with E-state index in [9.17, 15) is 9.90 Å². The van der Waals surface area contributed by atoms with Crippen LogP contribution in [0.1, 0.15) is 49.1 Å². The molecule has 1 aliphatic rings. The molecule has 0 radical (unpaired) electrons. The van der Waals surface area contributed by atoms with Crippen molar-refractivity contribution in [2.75, 3.05) is 6.54 Å². The first-order valence-corrected chi connectivity index (χ1v) is 5.96. The van der Waals surface area contributed by atoms with Crippen LogP contribution < -0.4 is 5.32 Å². The van der Waals surface area contributed by atoms with Gasteiger partial charge in [0.15, 0.2) is 0 Å². The molecular formula is C11H18N4O2. The molecule has 1 aliphatic carbocycles. The number of carbonyl (C=O) groups is 1. The van der Waals surface area contributed by atoms with Crippen LogP contribution >= 0.6 is 0 Å². The van der Waals surface area contributed by atoms with Gasteiger partial charge in [-0.05, 0) is 18.8 Å². The lowest BCUT2D eigenvalue weighted by Gasteiger charge is -2.13. The van der Waals surface area contributed by atoms with E-state index in [0.717, 1.165) is 18.7 Å². The average Bonchev–Trinajstić information content (AvgIpc) is 3.03. The maximum Gasteiger partial charge on any atom is 0.291 e. The first-order valence-electron chi connectivity index (χ1n) is 5.96.